The summed E-state index contributed by atoms with van der Waals surface area (Å²) < 4.78 is 2.38. The maximum absolute atomic E-state index is 2.42. The molecule has 0 bridgehead atoms. The Morgan fingerprint density at radius 2 is 1.04 bits per heavy atom. The maximum Gasteiger partial charge on any atom is 0.0568 e. The Morgan fingerprint density at radius 3 is 1.62 bits per heavy atom. The van der Waals surface area contributed by atoms with E-state index in [1.165, 1.54) is 66.1 Å². The Labute approximate surface area is 287 Å². The second-order valence-corrected chi connectivity index (χ2v) is 14.8. The van der Waals surface area contributed by atoms with Crippen molar-refractivity contribution in [1.29, 1.82) is 0 Å². The van der Waals surface area contributed by atoms with Gasteiger partial charge in [-0.05, 0) is 87.2 Å². The molecule has 0 fully saturated rings. The molecule has 244 valence electrons. The fourth-order valence-corrected chi connectivity index (χ4v) is 7.07. The molecular weight excluding hydrogens is 581 g/mol. The lowest BCUT2D eigenvalue weighted by Gasteiger charge is -2.30. The molecule has 0 saturated carbocycles. The van der Waals surface area contributed by atoms with Crippen molar-refractivity contribution in [3.8, 4) is 11.1 Å². The van der Waals surface area contributed by atoms with Crippen LogP contribution in [-0.4, -0.2) is 4.57 Å². The molecule has 0 unspecified atom stereocenters. The summed E-state index contributed by atoms with van der Waals surface area (Å²) in [7, 11) is 2.21. The number of rotatable bonds is 4. The van der Waals surface area contributed by atoms with Gasteiger partial charge in [-0.3, -0.25) is 0 Å². The van der Waals surface area contributed by atoms with E-state index in [4.69, 9.17) is 0 Å². The minimum Gasteiger partial charge on any atom is -0.343 e. The van der Waals surface area contributed by atoms with Crippen LogP contribution in [0, 0.1) is 6.92 Å². The van der Waals surface area contributed by atoms with Gasteiger partial charge in [-0.15, -0.1) is 0 Å². The third-order valence-electron chi connectivity index (χ3n) is 9.73. The van der Waals surface area contributed by atoms with Crippen molar-refractivity contribution in [3.63, 3.8) is 0 Å². The molecule has 0 N–H and O–H groups in total. The van der Waals surface area contributed by atoms with Crippen LogP contribution in [0.15, 0.2) is 121 Å². The smallest absolute Gasteiger partial charge is 0.0568 e. The van der Waals surface area contributed by atoms with Crippen molar-refractivity contribution < 1.29 is 0 Å². The van der Waals surface area contributed by atoms with Crippen LogP contribution in [0.4, 0.5) is 17.1 Å². The highest BCUT2D eigenvalue weighted by atomic mass is 15.1. The molecule has 0 atom stereocenters. The van der Waals surface area contributed by atoms with E-state index in [-0.39, 0.29) is 10.8 Å². The molecule has 2 nitrogen and oxygen atoms in total. The molecule has 1 aromatic heterocycles. The largest absolute Gasteiger partial charge is 0.343 e. The zero-order valence-corrected chi connectivity index (χ0v) is 30.4. The number of fused-ring (bicyclic) bond motifs is 5. The van der Waals surface area contributed by atoms with Crippen molar-refractivity contribution in [2.24, 2.45) is 7.05 Å². The van der Waals surface area contributed by atoms with Crippen LogP contribution < -0.4 is 4.90 Å². The zero-order valence-electron chi connectivity index (χ0n) is 30.4. The number of hydrogen-bond acceptors (Lipinski definition) is 1. The average Bonchev–Trinajstić information content (AvgIpc) is 3.38. The monoisotopic (exact) mass is 630 g/mol. The van der Waals surface area contributed by atoms with Gasteiger partial charge >= 0.3 is 0 Å². The van der Waals surface area contributed by atoms with Crippen LogP contribution in [0.2, 0.25) is 0 Å². The number of aryl methyl sites for hydroxylation is 1. The van der Waals surface area contributed by atoms with Gasteiger partial charge in [0.2, 0.25) is 0 Å². The Balaban J connectivity index is 0.00000197. The number of benzene rings is 6. The molecular formula is C46H50N2. The SMILES string of the molecule is CC.Cc1c(-c2cccc3c4c5ccccc5ccc4n(C)c23)cccc1N(c1ccc(C(C)(C)C)cc1)c1ccc(C(C)(C)C)cc1. The van der Waals surface area contributed by atoms with Gasteiger partial charge in [0.15, 0.2) is 0 Å². The second kappa shape index (κ2) is 12.7. The van der Waals surface area contributed by atoms with Crippen molar-refractivity contribution in [1.82, 2.24) is 4.57 Å². The Hall–Kier alpha value is -4.82. The summed E-state index contributed by atoms with van der Waals surface area (Å²) in [6, 6.07) is 45.1. The third-order valence-corrected chi connectivity index (χ3v) is 9.73. The quantitative estimate of drug-likeness (QED) is 0.188. The van der Waals surface area contributed by atoms with Crippen LogP contribution in [-0.2, 0) is 17.9 Å². The van der Waals surface area contributed by atoms with E-state index in [0.717, 1.165) is 11.4 Å². The fraction of sp³-hybridized carbons (Fsp3) is 0.261. The molecule has 0 amide bonds. The van der Waals surface area contributed by atoms with Crippen LogP contribution in [0.1, 0.15) is 72.1 Å². The molecule has 7 rings (SSSR count). The van der Waals surface area contributed by atoms with Gasteiger partial charge in [-0.1, -0.05) is 140 Å². The van der Waals surface area contributed by atoms with Gasteiger partial charge in [-0.2, -0.15) is 0 Å². The van der Waals surface area contributed by atoms with E-state index in [1.807, 2.05) is 13.8 Å². The highest BCUT2D eigenvalue weighted by Gasteiger charge is 2.22. The molecule has 6 aromatic carbocycles. The van der Waals surface area contributed by atoms with E-state index >= 15 is 0 Å². The highest BCUT2D eigenvalue weighted by Crippen LogP contribution is 2.44. The molecule has 0 aliphatic heterocycles. The summed E-state index contributed by atoms with van der Waals surface area (Å²) >= 11 is 0. The van der Waals surface area contributed by atoms with E-state index in [2.05, 4.69) is 186 Å². The van der Waals surface area contributed by atoms with Gasteiger partial charge < -0.3 is 9.47 Å². The van der Waals surface area contributed by atoms with E-state index in [1.54, 1.807) is 0 Å². The topological polar surface area (TPSA) is 8.17 Å². The number of nitrogens with zero attached hydrogens (tertiary/aromatic N) is 2. The van der Waals surface area contributed by atoms with Crippen molar-refractivity contribution in [3.05, 3.63) is 138 Å². The van der Waals surface area contributed by atoms with E-state index < -0.39 is 0 Å². The number of para-hydroxylation sites is 1. The Kier molecular flexibility index (Phi) is 8.73. The van der Waals surface area contributed by atoms with Gasteiger partial charge in [0, 0.05) is 46.0 Å². The first kappa shape index (κ1) is 33.1. The molecule has 0 aliphatic rings. The molecule has 2 heteroatoms. The summed E-state index contributed by atoms with van der Waals surface area (Å²) in [4.78, 5) is 2.42. The number of hydrogen-bond donors (Lipinski definition) is 0. The summed E-state index contributed by atoms with van der Waals surface area (Å²) in [5.41, 5.74) is 12.6. The number of aromatic nitrogens is 1. The summed E-state index contributed by atoms with van der Waals surface area (Å²) in [5, 5.41) is 5.20. The van der Waals surface area contributed by atoms with Crippen LogP contribution in [0.3, 0.4) is 0 Å². The Bertz CT molecular complexity index is 2160. The number of anilines is 3. The first-order chi connectivity index (χ1) is 22.9. The third kappa shape index (κ3) is 5.79. The van der Waals surface area contributed by atoms with Gasteiger partial charge in [0.1, 0.15) is 0 Å². The predicted molar refractivity (Wildman–Crippen MR) is 212 cm³/mol. The lowest BCUT2D eigenvalue weighted by atomic mass is 9.86. The molecule has 0 aliphatic carbocycles. The van der Waals surface area contributed by atoms with Crippen molar-refractivity contribution >= 4 is 49.6 Å². The van der Waals surface area contributed by atoms with Crippen LogP contribution in [0.5, 0.6) is 0 Å². The first-order valence-electron chi connectivity index (χ1n) is 17.4. The summed E-state index contributed by atoms with van der Waals surface area (Å²) in [6.45, 7) is 19.9. The molecule has 0 spiro atoms. The Morgan fingerprint density at radius 1 is 0.521 bits per heavy atom. The molecule has 0 saturated heterocycles. The van der Waals surface area contributed by atoms with Crippen molar-refractivity contribution in [2.45, 2.75) is 73.1 Å². The average molecular weight is 631 g/mol. The highest BCUT2D eigenvalue weighted by molar-refractivity contribution is 6.22. The molecule has 7 aromatic rings. The van der Waals surface area contributed by atoms with Gasteiger partial charge in [-0.25, -0.2) is 0 Å². The standard InChI is InChI=1S/C44H44N2.C2H6/c1-29-35(37-16-11-17-38-41-36-14-10-9-13-30(36)19-28-40(41)45(8)42(37)38)15-12-18-39(29)46(33-24-20-31(21-25-33)43(2,3)4)34-26-22-32(23-27-34)44(5,6)7;1-2/h9-28H,1-8H3;1-2H3. The summed E-state index contributed by atoms with van der Waals surface area (Å²) in [6.07, 6.45) is 0. The second-order valence-electron chi connectivity index (χ2n) is 14.8. The van der Waals surface area contributed by atoms with Crippen LogP contribution in [0.25, 0.3) is 43.7 Å². The van der Waals surface area contributed by atoms with Gasteiger partial charge in [0.25, 0.3) is 0 Å². The zero-order chi connectivity index (χ0) is 34.4. The lowest BCUT2D eigenvalue weighted by molar-refractivity contribution is 0.590. The normalized spacial score (nSPS) is 12.0. The van der Waals surface area contributed by atoms with Gasteiger partial charge in [0.05, 0.1) is 5.52 Å². The summed E-state index contributed by atoms with van der Waals surface area (Å²) in [5.74, 6) is 0. The van der Waals surface area contributed by atoms with Crippen molar-refractivity contribution in [2.75, 3.05) is 4.90 Å². The lowest BCUT2D eigenvalue weighted by Crippen LogP contribution is -2.15. The molecule has 1 heterocycles. The molecule has 48 heavy (non-hydrogen) atoms. The fourth-order valence-electron chi connectivity index (χ4n) is 7.07. The molecule has 0 radical (unpaired) electrons. The van der Waals surface area contributed by atoms with E-state index in [0.29, 0.717) is 0 Å². The minimum atomic E-state index is 0.0934. The van der Waals surface area contributed by atoms with E-state index in [9.17, 15) is 0 Å². The minimum absolute atomic E-state index is 0.0934. The maximum atomic E-state index is 2.42. The van der Waals surface area contributed by atoms with Crippen LogP contribution >= 0.6 is 0 Å². The first-order valence-corrected chi connectivity index (χ1v) is 17.4. The predicted octanol–water partition coefficient (Wildman–Crippen LogP) is 13.6.